The number of nitrogens with one attached hydrogen (secondary N) is 1. The normalized spacial score (nSPS) is 28.2. The van der Waals surface area contributed by atoms with Gasteiger partial charge in [0.2, 0.25) is 0 Å². The van der Waals surface area contributed by atoms with Crippen molar-refractivity contribution in [2.75, 3.05) is 19.0 Å². The van der Waals surface area contributed by atoms with Crippen molar-refractivity contribution in [3.8, 4) is 23.0 Å². The molecule has 0 saturated carbocycles. The summed E-state index contributed by atoms with van der Waals surface area (Å²) in [6, 6.07) is 7.05. The molecule has 4 heterocycles. The summed E-state index contributed by atoms with van der Waals surface area (Å²) in [5, 5.41) is 66.2. The quantitative estimate of drug-likeness (QED) is 0.0790. The number of hydrogen-bond donors (Lipinski definition) is 6. The van der Waals surface area contributed by atoms with Crippen LogP contribution in [0.15, 0.2) is 65.5 Å². The van der Waals surface area contributed by atoms with Crippen LogP contribution in [-0.4, -0.2) is 104 Å². The Balaban J connectivity index is 1.53. The number of esters is 1. The van der Waals surface area contributed by atoms with Crippen molar-refractivity contribution in [2.45, 2.75) is 92.0 Å². The van der Waals surface area contributed by atoms with E-state index < -0.39 is 94.7 Å². The minimum absolute atomic E-state index is 0.00515. The topological polar surface area (TPSA) is 234 Å². The van der Waals surface area contributed by atoms with Crippen LogP contribution in [-0.2, 0) is 30.2 Å². The van der Waals surface area contributed by atoms with E-state index in [9.17, 15) is 44.7 Å². The SMILES string of the molecule is COC1C=COC2(C)Oc3c(C)c(O)c4c(O)c(c(/C=N/N5CCc6ccccc6C5=O)c(O)c4c3C2=O)NC(=O)C(C)=CC=CC(C)C(O)C(C)C(O)C(C)C(OC(C)=O)C1C. The number of anilines is 1. The van der Waals surface area contributed by atoms with Crippen LogP contribution in [0, 0.1) is 30.6 Å². The molecule has 0 aliphatic carbocycles. The maximum Gasteiger partial charge on any atom is 0.312 e. The second kappa shape index (κ2) is 18.2. The number of fused-ring (bicyclic) bond motifs is 15. The summed E-state index contributed by atoms with van der Waals surface area (Å²) in [6.07, 6.45) is 4.85. The summed E-state index contributed by atoms with van der Waals surface area (Å²) < 4.78 is 23.6. The van der Waals surface area contributed by atoms with Crippen molar-refractivity contribution in [1.82, 2.24) is 5.01 Å². The Morgan fingerprint density at radius 3 is 2.33 bits per heavy atom. The number of aliphatic hydroxyl groups excluding tert-OH is 2. The number of aliphatic hydroxyl groups is 2. The van der Waals surface area contributed by atoms with E-state index in [-0.39, 0.29) is 51.0 Å². The van der Waals surface area contributed by atoms with Gasteiger partial charge in [0.15, 0.2) is 5.75 Å². The van der Waals surface area contributed by atoms with Crippen molar-refractivity contribution in [2.24, 2.45) is 28.8 Å². The van der Waals surface area contributed by atoms with Crippen molar-refractivity contribution >= 4 is 46.2 Å². The Labute approximate surface area is 365 Å². The molecule has 2 amide bonds. The van der Waals surface area contributed by atoms with Gasteiger partial charge in [0.05, 0.1) is 53.0 Å². The third-order valence-corrected chi connectivity index (χ3v) is 12.4. The zero-order valence-corrected chi connectivity index (χ0v) is 36.7. The Morgan fingerprint density at radius 2 is 1.65 bits per heavy atom. The molecule has 0 spiro atoms. The zero-order chi connectivity index (χ0) is 46.2. The molecule has 9 unspecified atom stereocenters. The number of benzene rings is 3. The predicted octanol–water partition coefficient (Wildman–Crippen LogP) is 5.79. The number of amides is 2. The van der Waals surface area contributed by atoms with Gasteiger partial charge in [0, 0.05) is 73.3 Å². The third-order valence-electron chi connectivity index (χ3n) is 12.4. The maximum absolute atomic E-state index is 14.5. The highest BCUT2D eigenvalue weighted by molar-refractivity contribution is 6.24. The van der Waals surface area contributed by atoms with Crippen molar-refractivity contribution in [3.05, 3.63) is 88.2 Å². The maximum atomic E-state index is 14.5. The van der Waals surface area contributed by atoms with E-state index in [1.54, 1.807) is 52.0 Å². The van der Waals surface area contributed by atoms with Gasteiger partial charge in [0.1, 0.15) is 23.4 Å². The average Bonchev–Trinajstić information content (AvgIpc) is 3.52. The van der Waals surface area contributed by atoms with E-state index in [1.807, 2.05) is 12.1 Å². The molecular formula is C47H55N3O13. The lowest BCUT2D eigenvalue weighted by atomic mass is 9.78. The summed E-state index contributed by atoms with van der Waals surface area (Å²) in [4.78, 5) is 54.2. The van der Waals surface area contributed by atoms with Gasteiger partial charge in [0.25, 0.3) is 17.6 Å². The first-order valence-corrected chi connectivity index (χ1v) is 20.8. The number of carbonyl (C=O) groups is 4. The van der Waals surface area contributed by atoms with E-state index in [2.05, 4.69) is 10.4 Å². The molecule has 336 valence electrons. The van der Waals surface area contributed by atoms with E-state index in [1.165, 1.54) is 58.2 Å². The fourth-order valence-corrected chi connectivity index (χ4v) is 8.52. The molecule has 3 aromatic carbocycles. The number of aromatic hydroxyl groups is 3. The van der Waals surface area contributed by atoms with Crippen LogP contribution >= 0.6 is 0 Å². The van der Waals surface area contributed by atoms with E-state index >= 15 is 0 Å². The van der Waals surface area contributed by atoms with Gasteiger partial charge in [-0.05, 0) is 38.0 Å². The molecule has 3 aromatic rings. The number of hydrazone groups is 1. The first kappa shape index (κ1) is 46.3. The fourth-order valence-electron chi connectivity index (χ4n) is 8.52. The Bertz CT molecular complexity index is 2460. The second-order valence-electron chi connectivity index (χ2n) is 16.7. The first-order valence-electron chi connectivity index (χ1n) is 20.8. The molecule has 16 nitrogen and oxygen atoms in total. The van der Waals surface area contributed by atoms with Crippen molar-refractivity contribution < 1.29 is 63.7 Å². The minimum atomic E-state index is -2.10. The lowest BCUT2D eigenvalue weighted by Gasteiger charge is -2.38. The van der Waals surface area contributed by atoms with E-state index in [4.69, 9.17) is 18.9 Å². The van der Waals surface area contributed by atoms with Gasteiger partial charge in [-0.2, -0.15) is 5.10 Å². The fraction of sp³-hybridized carbons (Fsp3) is 0.426. The Kier molecular flexibility index (Phi) is 13.4. The van der Waals surface area contributed by atoms with Crippen LogP contribution < -0.4 is 10.1 Å². The number of phenols is 3. The van der Waals surface area contributed by atoms with Gasteiger partial charge < -0.3 is 49.8 Å². The molecule has 9 atom stereocenters. The number of phenolic OH excluding ortho intramolecular Hbond substituents is 3. The van der Waals surface area contributed by atoms with Crippen LogP contribution in [0.25, 0.3) is 10.8 Å². The third kappa shape index (κ3) is 8.62. The molecule has 0 aromatic heterocycles. The molecule has 5 bridgehead atoms. The molecule has 0 saturated heterocycles. The van der Waals surface area contributed by atoms with Crippen LogP contribution in [0.4, 0.5) is 5.69 Å². The first-order chi connectivity index (χ1) is 29.7. The predicted molar refractivity (Wildman–Crippen MR) is 233 cm³/mol. The van der Waals surface area contributed by atoms with Gasteiger partial charge in [-0.15, -0.1) is 0 Å². The largest absolute Gasteiger partial charge is 0.507 e. The van der Waals surface area contributed by atoms with Crippen LogP contribution in [0.2, 0.25) is 0 Å². The van der Waals surface area contributed by atoms with Crippen LogP contribution in [0.3, 0.4) is 0 Å². The highest BCUT2D eigenvalue weighted by Gasteiger charge is 2.50. The standard InChI is InChI=1S/C47H55N3O13/c1-22-13-12-14-23(2)45(58)49-36-31(21-48-50-19-17-29-15-10-11-16-30(29)46(50)59)40(55)33-34(41(36)56)39(54)27(6)43-35(33)44(57)47(8,63-43)61-20-18-32(60-9)24(3)42(62-28(7)51)26(5)38(53)25(4)37(22)52/h10-16,18,20-22,24-26,32,37-38,42,52-56H,17,19H2,1-9H3,(H,49,58)/b13-12?,20-18?,23-14?,48-21+. The smallest absolute Gasteiger partial charge is 0.312 e. The number of ketones is 1. The molecule has 0 fully saturated rings. The monoisotopic (exact) mass is 869 g/mol. The van der Waals surface area contributed by atoms with Gasteiger partial charge in [-0.1, -0.05) is 64.1 Å². The number of allylic oxidation sites excluding steroid dienone is 2. The molecule has 7 rings (SSSR count). The Hall–Kier alpha value is -6.23. The molecular weight excluding hydrogens is 815 g/mol. The number of Topliss-reactive ketones (excluding diaryl/α,β-unsaturated/α-hetero) is 1. The summed E-state index contributed by atoms with van der Waals surface area (Å²) in [7, 11) is 1.42. The average molecular weight is 870 g/mol. The molecule has 6 N–H and O–H groups in total. The van der Waals surface area contributed by atoms with Crippen molar-refractivity contribution in [3.63, 3.8) is 0 Å². The molecule has 0 radical (unpaired) electrons. The highest BCUT2D eigenvalue weighted by atomic mass is 16.7. The lowest BCUT2D eigenvalue weighted by Crippen LogP contribution is -2.46. The van der Waals surface area contributed by atoms with Gasteiger partial charge in [-0.25, -0.2) is 5.01 Å². The second-order valence-corrected chi connectivity index (χ2v) is 16.7. The van der Waals surface area contributed by atoms with E-state index in [0.717, 1.165) is 11.8 Å². The number of methoxy groups -OCH3 is 1. The summed E-state index contributed by atoms with van der Waals surface area (Å²) in [5.74, 6) is -9.45. The molecule has 4 aliphatic heterocycles. The summed E-state index contributed by atoms with van der Waals surface area (Å²) in [6.45, 7) is 12.5. The number of rotatable bonds is 4. The number of nitrogens with zero attached hydrogens (tertiary/aromatic N) is 2. The minimum Gasteiger partial charge on any atom is -0.507 e. The number of hydrogen-bond acceptors (Lipinski definition) is 14. The van der Waals surface area contributed by atoms with E-state index in [0.29, 0.717) is 12.0 Å². The molecule has 63 heavy (non-hydrogen) atoms. The van der Waals surface area contributed by atoms with Crippen LogP contribution in [0.5, 0.6) is 23.0 Å². The number of carbonyl (C=O) groups excluding carboxylic acids is 4. The Morgan fingerprint density at radius 1 is 0.952 bits per heavy atom. The lowest BCUT2D eigenvalue weighted by molar-refractivity contribution is -0.160. The van der Waals surface area contributed by atoms with Gasteiger partial charge in [-0.3, -0.25) is 19.2 Å². The zero-order valence-electron chi connectivity index (χ0n) is 36.7. The highest BCUT2D eigenvalue weighted by Crippen LogP contribution is 2.55. The van der Waals surface area contributed by atoms with Crippen molar-refractivity contribution in [1.29, 1.82) is 0 Å². The number of ether oxygens (including phenoxy) is 4. The summed E-state index contributed by atoms with van der Waals surface area (Å²) in [5.41, 5.74) is 0.428. The van der Waals surface area contributed by atoms with Crippen LogP contribution in [0.1, 0.15) is 85.9 Å². The van der Waals surface area contributed by atoms with Gasteiger partial charge >= 0.3 is 11.8 Å². The molecule has 16 heteroatoms. The summed E-state index contributed by atoms with van der Waals surface area (Å²) >= 11 is 0. The molecule has 4 aliphatic rings.